The van der Waals surface area contributed by atoms with Gasteiger partial charge in [0.15, 0.2) is 0 Å². The van der Waals surface area contributed by atoms with Crippen molar-refractivity contribution >= 4 is 22.6 Å². The Bertz CT molecular complexity index is 994. The largest absolute Gasteiger partial charge is 0.494 e. The van der Waals surface area contributed by atoms with E-state index in [-0.39, 0.29) is 0 Å². The molecule has 0 saturated carbocycles. The van der Waals surface area contributed by atoms with E-state index in [1.807, 2.05) is 48.5 Å². The average molecular weight is 363 g/mol. The molecule has 26 heavy (non-hydrogen) atoms. The number of aryl methyl sites for hydroxylation is 1. The molecule has 0 bridgehead atoms. The monoisotopic (exact) mass is 362 g/mol. The third-order valence-corrected chi connectivity index (χ3v) is 4.55. The number of fused-ring (bicyclic) bond motifs is 1. The first kappa shape index (κ1) is 16.7. The predicted molar refractivity (Wildman–Crippen MR) is 107 cm³/mol. The van der Waals surface area contributed by atoms with Crippen LogP contribution in [0.5, 0.6) is 5.75 Å². The third-order valence-electron chi connectivity index (χ3n) is 4.29. The zero-order valence-corrected chi connectivity index (χ0v) is 15.1. The maximum Gasteiger partial charge on any atom is 0.141 e. The fourth-order valence-corrected chi connectivity index (χ4v) is 3.18. The summed E-state index contributed by atoms with van der Waals surface area (Å²) >= 11 is 5.91. The summed E-state index contributed by atoms with van der Waals surface area (Å²) in [5, 5.41) is 0.717. The molecule has 130 valence electrons. The van der Waals surface area contributed by atoms with Crippen LogP contribution in [0.15, 0.2) is 78.9 Å². The van der Waals surface area contributed by atoms with Gasteiger partial charge in [0, 0.05) is 17.1 Å². The van der Waals surface area contributed by atoms with Crippen LogP contribution in [0.1, 0.15) is 6.42 Å². The first-order valence-electron chi connectivity index (χ1n) is 8.70. The molecule has 0 saturated heterocycles. The average Bonchev–Trinajstić information content (AvgIpc) is 3.06. The number of aromatic nitrogens is 2. The van der Waals surface area contributed by atoms with E-state index in [1.54, 1.807) is 0 Å². The number of para-hydroxylation sites is 2. The van der Waals surface area contributed by atoms with Crippen LogP contribution >= 0.6 is 11.6 Å². The lowest BCUT2D eigenvalue weighted by molar-refractivity contribution is 0.303. The van der Waals surface area contributed by atoms with Gasteiger partial charge in [-0.1, -0.05) is 54.1 Å². The number of hydrogen-bond acceptors (Lipinski definition) is 2. The Morgan fingerprint density at radius 3 is 2.38 bits per heavy atom. The van der Waals surface area contributed by atoms with Gasteiger partial charge in [-0.3, -0.25) is 0 Å². The van der Waals surface area contributed by atoms with Crippen molar-refractivity contribution in [3.63, 3.8) is 0 Å². The van der Waals surface area contributed by atoms with Gasteiger partial charge in [0.2, 0.25) is 0 Å². The lowest BCUT2D eigenvalue weighted by Gasteiger charge is -2.10. The summed E-state index contributed by atoms with van der Waals surface area (Å²) < 4.78 is 8.10. The SMILES string of the molecule is Clc1ccc(OCCCn2c(-c3ccccc3)nc3ccccc32)cc1. The van der Waals surface area contributed by atoms with Crippen molar-refractivity contribution in [1.82, 2.24) is 9.55 Å². The van der Waals surface area contributed by atoms with Gasteiger partial charge >= 0.3 is 0 Å². The summed E-state index contributed by atoms with van der Waals surface area (Å²) in [5.41, 5.74) is 3.30. The quantitative estimate of drug-likeness (QED) is 0.404. The lowest BCUT2D eigenvalue weighted by Crippen LogP contribution is -2.06. The molecule has 3 nitrogen and oxygen atoms in total. The zero-order chi connectivity index (χ0) is 17.8. The normalized spacial score (nSPS) is 11.0. The first-order chi connectivity index (χ1) is 12.8. The van der Waals surface area contributed by atoms with Crippen LogP contribution in [-0.4, -0.2) is 16.2 Å². The Balaban J connectivity index is 1.52. The Hall–Kier alpha value is -2.78. The Kier molecular flexibility index (Phi) is 4.89. The van der Waals surface area contributed by atoms with E-state index in [0.29, 0.717) is 6.61 Å². The van der Waals surface area contributed by atoms with Crippen molar-refractivity contribution in [1.29, 1.82) is 0 Å². The van der Waals surface area contributed by atoms with Gasteiger partial charge < -0.3 is 9.30 Å². The summed E-state index contributed by atoms with van der Waals surface area (Å²) in [6.07, 6.45) is 0.892. The summed E-state index contributed by atoms with van der Waals surface area (Å²) in [5.74, 6) is 1.84. The molecule has 0 radical (unpaired) electrons. The van der Waals surface area contributed by atoms with Gasteiger partial charge in [-0.05, 0) is 42.8 Å². The van der Waals surface area contributed by atoms with E-state index in [1.165, 1.54) is 0 Å². The smallest absolute Gasteiger partial charge is 0.141 e. The number of halogens is 1. The van der Waals surface area contributed by atoms with Crippen molar-refractivity contribution in [3.8, 4) is 17.1 Å². The van der Waals surface area contributed by atoms with Crippen molar-refractivity contribution in [2.75, 3.05) is 6.61 Å². The van der Waals surface area contributed by atoms with E-state index in [4.69, 9.17) is 21.3 Å². The van der Waals surface area contributed by atoms with Gasteiger partial charge in [-0.2, -0.15) is 0 Å². The molecule has 4 aromatic rings. The highest BCUT2D eigenvalue weighted by Crippen LogP contribution is 2.25. The number of ether oxygens (including phenoxy) is 1. The number of rotatable bonds is 6. The van der Waals surface area contributed by atoms with Gasteiger partial charge in [0.05, 0.1) is 17.6 Å². The molecule has 1 heterocycles. The minimum Gasteiger partial charge on any atom is -0.494 e. The van der Waals surface area contributed by atoms with Crippen LogP contribution in [0.3, 0.4) is 0 Å². The second-order valence-corrected chi connectivity index (χ2v) is 6.53. The van der Waals surface area contributed by atoms with Crippen LogP contribution in [0, 0.1) is 0 Å². The Morgan fingerprint density at radius 2 is 1.58 bits per heavy atom. The molecule has 4 rings (SSSR count). The van der Waals surface area contributed by atoms with Crippen LogP contribution in [0.4, 0.5) is 0 Å². The van der Waals surface area contributed by atoms with E-state index >= 15 is 0 Å². The van der Waals surface area contributed by atoms with E-state index < -0.39 is 0 Å². The molecule has 1 aromatic heterocycles. The molecule has 0 aliphatic heterocycles. The maximum atomic E-state index is 5.91. The van der Waals surface area contributed by atoms with Gasteiger partial charge in [0.1, 0.15) is 11.6 Å². The fourth-order valence-electron chi connectivity index (χ4n) is 3.05. The summed E-state index contributed by atoms with van der Waals surface area (Å²) in [6, 6.07) is 26.0. The molecule has 4 heteroatoms. The maximum absolute atomic E-state index is 5.91. The van der Waals surface area contributed by atoms with Crippen molar-refractivity contribution in [2.45, 2.75) is 13.0 Å². The summed E-state index contributed by atoms with van der Waals surface area (Å²) in [7, 11) is 0. The van der Waals surface area contributed by atoms with E-state index in [2.05, 4.69) is 34.9 Å². The number of benzene rings is 3. The van der Waals surface area contributed by atoms with Crippen LogP contribution in [0.2, 0.25) is 5.02 Å². The second-order valence-electron chi connectivity index (χ2n) is 6.10. The van der Waals surface area contributed by atoms with Crippen molar-refractivity contribution < 1.29 is 4.74 Å². The van der Waals surface area contributed by atoms with Crippen LogP contribution in [-0.2, 0) is 6.54 Å². The highest BCUT2D eigenvalue weighted by molar-refractivity contribution is 6.30. The second kappa shape index (κ2) is 7.63. The molecule has 0 amide bonds. The zero-order valence-electron chi connectivity index (χ0n) is 14.3. The Labute approximate surface area is 157 Å². The third kappa shape index (κ3) is 3.58. The van der Waals surface area contributed by atoms with E-state index in [0.717, 1.165) is 46.2 Å². The molecule has 0 aliphatic carbocycles. The molecule has 0 atom stereocenters. The standard InChI is InChI=1S/C22H19ClN2O/c23-18-11-13-19(14-12-18)26-16-6-15-25-21-10-5-4-9-20(21)24-22(25)17-7-2-1-3-8-17/h1-5,7-14H,6,15-16H2. The molecule has 0 aliphatic rings. The van der Waals surface area contributed by atoms with Crippen molar-refractivity contribution in [2.24, 2.45) is 0 Å². The van der Waals surface area contributed by atoms with Crippen LogP contribution in [0.25, 0.3) is 22.4 Å². The first-order valence-corrected chi connectivity index (χ1v) is 9.08. The summed E-state index contributed by atoms with van der Waals surface area (Å²) in [6.45, 7) is 1.49. The van der Waals surface area contributed by atoms with E-state index in [9.17, 15) is 0 Å². The minimum absolute atomic E-state index is 0.641. The molecule has 0 spiro atoms. The number of hydrogen-bond donors (Lipinski definition) is 0. The summed E-state index contributed by atoms with van der Waals surface area (Å²) in [4.78, 5) is 4.84. The van der Waals surface area contributed by atoms with Gasteiger partial charge in [-0.25, -0.2) is 4.98 Å². The van der Waals surface area contributed by atoms with Crippen molar-refractivity contribution in [3.05, 3.63) is 83.9 Å². The Morgan fingerprint density at radius 1 is 0.846 bits per heavy atom. The predicted octanol–water partition coefficient (Wildman–Crippen LogP) is 5.83. The van der Waals surface area contributed by atoms with Gasteiger partial charge in [-0.15, -0.1) is 0 Å². The molecular weight excluding hydrogens is 344 g/mol. The minimum atomic E-state index is 0.641. The highest BCUT2D eigenvalue weighted by atomic mass is 35.5. The molecule has 0 unspecified atom stereocenters. The number of nitrogens with zero attached hydrogens (tertiary/aromatic N) is 2. The van der Waals surface area contributed by atoms with Crippen LogP contribution < -0.4 is 4.74 Å². The topological polar surface area (TPSA) is 27.1 Å². The molecule has 0 N–H and O–H groups in total. The molecule has 3 aromatic carbocycles. The fraction of sp³-hybridized carbons (Fsp3) is 0.136. The highest BCUT2D eigenvalue weighted by Gasteiger charge is 2.11. The molecule has 0 fully saturated rings. The molecular formula is C22H19ClN2O. The van der Waals surface area contributed by atoms with Gasteiger partial charge in [0.25, 0.3) is 0 Å². The lowest BCUT2D eigenvalue weighted by atomic mass is 10.2. The number of imidazole rings is 1.